The zero-order chi connectivity index (χ0) is 12.7. The largest absolute Gasteiger partial charge is 0.390 e. The fourth-order valence-corrected chi connectivity index (χ4v) is 1.76. The molecular formula is C14H24N2O. The molecule has 0 aliphatic carbocycles. The van der Waals surface area contributed by atoms with E-state index in [0.29, 0.717) is 13.1 Å². The highest BCUT2D eigenvalue weighted by Crippen LogP contribution is 2.04. The van der Waals surface area contributed by atoms with E-state index in [1.54, 1.807) is 0 Å². The molecule has 0 spiro atoms. The SMILES string of the molecule is CCc1ccc(CNCC(O)CN(C)C)cc1. The molecule has 96 valence electrons. The number of hydrogen-bond donors (Lipinski definition) is 2. The molecule has 0 amide bonds. The van der Waals surface area contributed by atoms with Crippen LogP contribution in [0.25, 0.3) is 0 Å². The monoisotopic (exact) mass is 236 g/mol. The van der Waals surface area contributed by atoms with Crippen molar-refractivity contribution in [3.8, 4) is 0 Å². The Morgan fingerprint density at radius 3 is 2.29 bits per heavy atom. The number of benzene rings is 1. The van der Waals surface area contributed by atoms with Gasteiger partial charge in [-0.1, -0.05) is 31.2 Å². The summed E-state index contributed by atoms with van der Waals surface area (Å²) in [4.78, 5) is 1.99. The summed E-state index contributed by atoms with van der Waals surface area (Å²) in [6.45, 7) is 4.30. The van der Waals surface area contributed by atoms with Crippen molar-refractivity contribution in [1.29, 1.82) is 0 Å². The summed E-state index contributed by atoms with van der Waals surface area (Å²) in [5.74, 6) is 0. The molecule has 0 saturated heterocycles. The Balaban J connectivity index is 2.25. The van der Waals surface area contributed by atoms with Crippen molar-refractivity contribution in [3.63, 3.8) is 0 Å². The van der Waals surface area contributed by atoms with Gasteiger partial charge in [0.25, 0.3) is 0 Å². The molecule has 0 bridgehead atoms. The fraction of sp³-hybridized carbons (Fsp3) is 0.571. The van der Waals surface area contributed by atoms with Gasteiger partial charge in [0.05, 0.1) is 6.10 Å². The molecule has 3 nitrogen and oxygen atoms in total. The van der Waals surface area contributed by atoms with Crippen LogP contribution in [0.4, 0.5) is 0 Å². The first kappa shape index (κ1) is 14.2. The number of likely N-dealkylation sites (N-methyl/N-ethyl adjacent to an activating group) is 1. The predicted molar refractivity (Wildman–Crippen MR) is 72.1 cm³/mol. The number of aliphatic hydroxyl groups is 1. The van der Waals surface area contributed by atoms with Gasteiger partial charge in [-0.25, -0.2) is 0 Å². The quantitative estimate of drug-likeness (QED) is 0.748. The molecule has 1 aromatic rings. The molecule has 1 rings (SSSR count). The third-order valence-electron chi connectivity index (χ3n) is 2.72. The van der Waals surface area contributed by atoms with Crippen molar-refractivity contribution in [2.75, 3.05) is 27.2 Å². The Kier molecular flexibility index (Phi) is 6.19. The minimum Gasteiger partial charge on any atom is -0.390 e. The van der Waals surface area contributed by atoms with Gasteiger partial charge in [-0.05, 0) is 31.6 Å². The lowest BCUT2D eigenvalue weighted by Gasteiger charge is -2.16. The zero-order valence-corrected chi connectivity index (χ0v) is 11.1. The molecule has 0 aromatic heterocycles. The van der Waals surface area contributed by atoms with E-state index in [2.05, 4.69) is 36.5 Å². The fourth-order valence-electron chi connectivity index (χ4n) is 1.76. The van der Waals surface area contributed by atoms with Crippen molar-refractivity contribution in [1.82, 2.24) is 10.2 Å². The van der Waals surface area contributed by atoms with Gasteiger partial charge in [0, 0.05) is 19.6 Å². The van der Waals surface area contributed by atoms with E-state index >= 15 is 0 Å². The lowest BCUT2D eigenvalue weighted by molar-refractivity contribution is 0.134. The minimum atomic E-state index is -0.306. The summed E-state index contributed by atoms with van der Waals surface area (Å²) in [6.07, 6.45) is 0.773. The number of aliphatic hydroxyl groups excluding tert-OH is 1. The Bertz CT molecular complexity index is 309. The number of nitrogens with one attached hydrogen (secondary N) is 1. The third kappa shape index (κ3) is 5.82. The predicted octanol–water partition coefficient (Wildman–Crippen LogP) is 1.26. The summed E-state index contributed by atoms with van der Waals surface area (Å²) in [5, 5.41) is 12.9. The second kappa shape index (κ2) is 7.43. The highest BCUT2D eigenvalue weighted by atomic mass is 16.3. The second-order valence-electron chi connectivity index (χ2n) is 4.72. The second-order valence-corrected chi connectivity index (χ2v) is 4.72. The van der Waals surface area contributed by atoms with Crippen molar-refractivity contribution in [3.05, 3.63) is 35.4 Å². The maximum Gasteiger partial charge on any atom is 0.0791 e. The van der Waals surface area contributed by atoms with Crippen molar-refractivity contribution in [2.45, 2.75) is 26.0 Å². The molecule has 1 unspecified atom stereocenters. The molecule has 0 heterocycles. The maximum atomic E-state index is 9.68. The number of rotatable bonds is 7. The summed E-state index contributed by atoms with van der Waals surface area (Å²) < 4.78 is 0. The molecule has 0 aliphatic heterocycles. The summed E-state index contributed by atoms with van der Waals surface area (Å²) in [7, 11) is 3.93. The Hall–Kier alpha value is -0.900. The van der Waals surface area contributed by atoms with Crippen LogP contribution in [0, 0.1) is 0 Å². The molecule has 0 saturated carbocycles. The standard InChI is InChI=1S/C14H24N2O/c1-4-12-5-7-13(8-6-12)9-15-10-14(17)11-16(2)3/h5-8,14-15,17H,4,9-11H2,1-3H3. The zero-order valence-electron chi connectivity index (χ0n) is 11.1. The van der Waals surface area contributed by atoms with Crippen LogP contribution in [0.2, 0.25) is 0 Å². The number of aryl methyl sites for hydroxylation is 1. The van der Waals surface area contributed by atoms with E-state index in [1.807, 2.05) is 19.0 Å². The van der Waals surface area contributed by atoms with Crippen LogP contribution >= 0.6 is 0 Å². The normalized spacial score (nSPS) is 13.0. The van der Waals surface area contributed by atoms with Crippen LogP contribution in [0.15, 0.2) is 24.3 Å². The third-order valence-corrected chi connectivity index (χ3v) is 2.72. The van der Waals surface area contributed by atoms with Gasteiger partial charge < -0.3 is 15.3 Å². The maximum absolute atomic E-state index is 9.68. The van der Waals surface area contributed by atoms with Crippen molar-refractivity contribution >= 4 is 0 Å². The highest BCUT2D eigenvalue weighted by molar-refractivity contribution is 5.22. The van der Waals surface area contributed by atoms with Gasteiger partial charge >= 0.3 is 0 Å². The van der Waals surface area contributed by atoms with E-state index in [0.717, 1.165) is 13.0 Å². The molecule has 2 N–H and O–H groups in total. The van der Waals surface area contributed by atoms with Crippen LogP contribution < -0.4 is 5.32 Å². The van der Waals surface area contributed by atoms with E-state index in [9.17, 15) is 5.11 Å². The first-order valence-electron chi connectivity index (χ1n) is 6.23. The smallest absolute Gasteiger partial charge is 0.0791 e. The average Bonchev–Trinajstić information content (AvgIpc) is 2.29. The lowest BCUT2D eigenvalue weighted by atomic mass is 10.1. The Labute approximate surface area is 104 Å². The van der Waals surface area contributed by atoms with E-state index in [-0.39, 0.29) is 6.10 Å². The topological polar surface area (TPSA) is 35.5 Å². The number of hydrogen-bond acceptors (Lipinski definition) is 3. The van der Waals surface area contributed by atoms with E-state index in [1.165, 1.54) is 11.1 Å². The molecule has 0 radical (unpaired) electrons. The summed E-state index contributed by atoms with van der Waals surface area (Å²) in [5.41, 5.74) is 2.63. The van der Waals surface area contributed by atoms with Gasteiger partial charge in [0.1, 0.15) is 0 Å². The lowest BCUT2D eigenvalue weighted by Crippen LogP contribution is -2.34. The van der Waals surface area contributed by atoms with E-state index in [4.69, 9.17) is 0 Å². The molecular weight excluding hydrogens is 212 g/mol. The van der Waals surface area contributed by atoms with Crippen LogP contribution in [0.3, 0.4) is 0 Å². The molecule has 1 aromatic carbocycles. The first-order valence-corrected chi connectivity index (χ1v) is 6.23. The minimum absolute atomic E-state index is 0.306. The summed E-state index contributed by atoms with van der Waals surface area (Å²) >= 11 is 0. The average molecular weight is 236 g/mol. The van der Waals surface area contributed by atoms with Crippen LogP contribution in [0.5, 0.6) is 0 Å². The first-order chi connectivity index (χ1) is 8.11. The number of nitrogens with zero attached hydrogens (tertiary/aromatic N) is 1. The van der Waals surface area contributed by atoms with Crippen LogP contribution in [-0.2, 0) is 13.0 Å². The van der Waals surface area contributed by atoms with Gasteiger partial charge in [0.2, 0.25) is 0 Å². The van der Waals surface area contributed by atoms with Crippen LogP contribution in [-0.4, -0.2) is 43.3 Å². The Morgan fingerprint density at radius 2 is 1.76 bits per heavy atom. The molecule has 3 heteroatoms. The molecule has 0 fully saturated rings. The highest BCUT2D eigenvalue weighted by Gasteiger charge is 2.04. The van der Waals surface area contributed by atoms with Crippen LogP contribution in [0.1, 0.15) is 18.1 Å². The van der Waals surface area contributed by atoms with Gasteiger partial charge in [-0.3, -0.25) is 0 Å². The Morgan fingerprint density at radius 1 is 1.18 bits per heavy atom. The van der Waals surface area contributed by atoms with Gasteiger partial charge in [-0.2, -0.15) is 0 Å². The van der Waals surface area contributed by atoms with Crippen molar-refractivity contribution < 1.29 is 5.11 Å². The van der Waals surface area contributed by atoms with Crippen molar-refractivity contribution in [2.24, 2.45) is 0 Å². The summed E-state index contributed by atoms with van der Waals surface area (Å²) in [6, 6.07) is 8.61. The molecule has 1 atom stereocenters. The van der Waals surface area contributed by atoms with Gasteiger partial charge in [-0.15, -0.1) is 0 Å². The molecule has 0 aliphatic rings. The van der Waals surface area contributed by atoms with E-state index < -0.39 is 0 Å². The van der Waals surface area contributed by atoms with Gasteiger partial charge in [0.15, 0.2) is 0 Å². The molecule has 17 heavy (non-hydrogen) atoms.